The van der Waals surface area contributed by atoms with Gasteiger partial charge in [-0.1, -0.05) is 12.1 Å². The second-order valence-corrected chi connectivity index (χ2v) is 5.75. The molecule has 0 bridgehead atoms. The zero-order valence-corrected chi connectivity index (χ0v) is 12.9. The third kappa shape index (κ3) is 3.79. The van der Waals surface area contributed by atoms with E-state index < -0.39 is 10.8 Å². The largest absolute Gasteiger partial charge is 0.273 e. The van der Waals surface area contributed by atoms with Gasteiger partial charge in [0, 0.05) is 23.6 Å². The number of amides is 2. The van der Waals surface area contributed by atoms with Gasteiger partial charge in [-0.05, 0) is 42.2 Å². The summed E-state index contributed by atoms with van der Waals surface area (Å²) in [5, 5.41) is 10.6. The van der Waals surface area contributed by atoms with Crippen LogP contribution in [-0.4, -0.2) is 16.7 Å². The Morgan fingerprint density at radius 3 is 2.28 bits per heavy atom. The Bertz CT molecular complexity index is 821. The number of benzene rings is 2. The number of hydrogen-bond acceptors (Lipinski definition) is 4. The highest BCUT2D eigenvalue weighted by atomic mass is 19.1. The van der Waals surface area contributed by atoms with Gasteiger partial charge < -0.3 is 0 Å². The molecule has 2 aromatic rings. The van der Waals surface area contributed by atoms with Crippen LogP contribution in [0.15, 0.2) is 48.5 Å². The Morgan fingerprint density at radius 2 is 1.68 bits per heavy atom. The van der Waals surface area contributed by atoms with E-state index in [9.17, 15) is 24.1 Å². The number of nitro benzene ring substituents is 1. The quantitative estimate of drug-likeness (QED) is 0.657. The van der Waals surface area contributed by atoms with Crippen LogP contribution in [0.2, 0.25) is 0 Å². The van der Waals surface area contributed by atoms with Crippen LogP contribution in [0, 0.1) is 21.8 Å². The first-order valence-corrected chi connectivity index (χ1v) is 7.56. The van der Waals surface area contributed by atoms with Crippen molar-refractivity contribution < 1.29 is 18.9 Å². The first kappa shape index (κ1) is 16.6. The predicted octanol–water partition coefficient (Wildman–Crippen LogP) is 2.30. The van der Waals surface area contributed by atoms with Crippen LogP contribution < -0.4 is 10.9 Å². The first-order valence-electron chi connectivity index (χ1n) is 7.56. The summed E-state index contributed by atoms with van der Waals surface area (Å²) in [6, 6.07) is 11.0. The van der Waals surface area contributed by atoms with Crippen LogP contribution in [0.4, 0.5) is 10.1 Å². The Kier molecular flexibility index (Phi) is 4.42. The topological polar surface area (TPSA) is 101 Å². The second-order valence-electron chi connectivity index (χ2n) is 5.75. The van der Waals surface area contributed by atoms with E-state index in [-0.39, 0.29) is 34.8 Å². The number of hydrogen-bond donors (Lipinski definition) is 2. The number of rotatable bonds is 4. The summed E-state index contributed by atoms with van der Waals surface area (Å²) in [7, 11) is 0. The molecule has 7 nitrogen and oxygen atoms in total. The Hall–Kier alpha value is -3.29. The fraction of sp³-hybridized carbons (Fsp3) is 0.176. The van der Waals surface area contributed by atoms with Crippen molar-refractivity contribution in [3.05, 3.63) is 75.6 Å². The van der Waals surface area contributed by atoms with Crippen molar-refractivity contribution in [3.63, 3.8) is 0 Å². The second kappa shape index (κ2) is 6.68. The van der Waals surface area contributed by atoms with E-state index in [2.05, 4.69) is 10.9 Å². The molecule has 1 fully saturated rings. The molecule has 2 amide bonds. The summed E-state index contributed by atoms with van der Waals surface area (Å²) in [5.74, 6) is -1.49. The van der Waals surface area contributed by atoms with Crippen molar-refractivity contribution in [2.75, 3.05) is 0 Å². The number of carbonyl (C=O) groups excluding carboxylic acids is 2. The number of non-ortho nitro benzene ring substituents is 1. The molecule has 128 valence electrons. The van der Waals surface area contributed by atoms with Crippen molar-refractivity contribution in [2.45, 2.75) is 12.3 Å². The van der Waals surface area contributed by atoms with Gasteiger partial charge in [0.1, 0.15) is 5.82 Å². The van der Waals surface area contributed by atoms with Gasteiger partial charge in [0.05, 0.1) is 4.92 Å². The van der Waals surface area contributed by atoms with Crippen molar-refractivity contribution >= 4 is 17.5 Å². The third-order valence-corrected chi connectivity index (χ3v) is 4.06. The van der Waals surface area contributed by atoms with Gasteiger partial charge in [0.2, 0.25) is 5.91 Å². The summed E-state index contributed by atoms with van der Waals surface area (Å²) < 4.78 is 12.9. The van der Waals surface area contributed by atoms with Crippen LogP contribution in [0.1, 0.15) is 28.3 Å². The molecule has 0 aliphatic heterocycles. The molecule has 8 heteroatoms. The molecule has 2 unspecified atom stereocenters. The van der Waals surface area contributed by atoms with E-state index in [1.54, 1.807) is 12.1 Å². The van der Waals surface area contributed by atoms with Crippen LogP contribution >= 0.6 is 0 Å². The lowest BCUT2D eigenvalue weighted by atomic mass is 10.1. The Labute approximate surface area is 142 Å². The average molecular weight is 343 g/mol. The summed E-state index contributed by atoms with van der Waals surface area (Å²) in [6.45, 7) is 0. The lowest BCUT2D eigenvalue weighted by Gasteiger charge is -2.07. The zero-order chi connectivity index (χ0) is 18.0. The first-order chi connectivity index (χ1) is 12.0. The number of nitrogens with one attached hydrogen (secondary N) is 2. The molecule has 0 aromatic heterocycles. The van der Waals surface area contributed by atoms with Crippen LogP contribution in [0.3, 0.4) is 0 Å². The smallest absolute Gasteiger partial charge is 0.269 e. The maximum absolute atomic E-state index is 12.9. The molecule has 1 aliphatic rings. The van der Waals surface area contributed by atoms with Gasteiger partial charge >= 0.3 is 0 Å². The highest BCUT2D eigenvalue weighted by Crippen LogP contribution is 2.47. The Morgan fingerprint density at radius 1 is 1.04 bits per heavy atom. The molecule has 1 saturated carbocycles. The summed E-state index contributed by atoms with van der Waals surface area (Å²) in [4.78, 5) is 34.0. The number of hydrazine groups is 1. The van der Waals surface area contributed by atoms with Gasteiger partial charge in [0.15, 0.2) is 0 Å². The molecule has 25 heavy (non-hydrogen) atoms. The van der Waals surface area contributed by atoms with Gasteiger partial charge in [-0.15, -0.1) is 0 Å². The minimum Gasteiger partial charge on any atom is -0.273 e. The van der Waals surface area contributed by atoms with Gasteiger partial charge in [0.25, 0.3) is 11.6 Å². The van der Waals surface area contributed by atoms with Gasteiger partial charge in [-0.25, -0.2) is 4.39 Å². The molecule has 0 radical (unpaired) electrons. The monoisotopic (exact) mass is 343 g/mol. The molecule has 1 aliphatic carbocycles. The van der Waals surface area contributed by atoms with Crippen molar-refractivity contribution in [1.29, 1.82) is 0 Å². The van der Waals surface area contributed by atoms with E-state index in [4.69, 9.17) is 0 Å². The zero-order valence-electron chi connectivity index (χ0n) is 12.9. The Balaban J connectivity index is 1.51. The molecule has 2 atom stereocenters. The van der Waals surface area contributed by atoms with Gasteiger partial charge in [-0.3, -0.25) is 30.6 Å². The molecule has 2 N–H and O–H groups in total. The highest BCUT2D eigenvalue weighted by Gasteiger charge is 2.44. The summed E-state index contributed by atoms with van der Waals surface area (Å²) in [5.41, 5.74) is 5.57. The van der Waals surface area contributed by atoms with E-state index in [0.29, 0.717) is 6.42 Å². The summed E-state index contributed by atoms with van der Waals surface area (Å²) in [6.07, 6.45) is 0.630. The molecule has 2 aromatic carbocycles. The normalized spacial score (nSPS) is 18.3. The standard InChI is InChI=1S/C17H14FN3O4/c18-12-5-1-10(2-6-12)14-9-15(14)17(23)20-19-16(22)11-3-7-13(8-4-11)21(24)25/h1-8,14-15H,9H2,(H,19,22)(H,20,23). The maximum atomic E-state index is 12.9. The fourth-order valence-electron chi connectivity index (χ4n) is 2.58. The molecule has 0 saturated heterocycles. The van der Waals surface area contributed by atoms with Crippen LogP contribution in [0.25, 0.3) is 0 Å². The minimum atomic E-state index is -0.567. The lowest BCUT2D eigenvalue weighted by molar-refractivity contribution is -0.384. The van der Waals surface area contributed by atoms with E-state index in [0.717, 1.165) is 5.56 Å². The fourth-order valence-corrected chi connectivity index (χ4v) is 2.58. The van der Waals surface area contributed by atoms with E-state index in [1.165, 1.54) is 36.4 Å². The summed E-state index contributed by atoms with van der Waals surface area (Å²) >= 11 is 0. The number of nitrogens with zero attached hydrogens (tertiary/aromatic N) is 1. The third-order valence-electron chi connectivity index (χ3n) is 4.06. The molecular formula is C17H14FN3O4. The lowest BCUT2D eigenvalue weighted by Crippen LogP contribution is -2.42. The van der Waals surface area contributed by atoms with Crippen molar-refractivity contribution in [3.8, 4) is 0 Å². The number of carbonyl (C=O) groups is 2. The SMILES string of the molecule is O=C(NNC(=O)C1CC1c1ccc(F)cc1)c1ccc([N+](=O)[O-])cc1. The molecule has 0 spiro atoms. The van der Waals surface area contributed by atoms with Crippen molar-refractivity contribution in [2.24, 2.45) is 5.92 Å². The predicted molar refractivity (Wildman–Crippen MR) is 86.0 cm³/mol. The van der Waals surface area contributed by atoms with E-state index in [1.807, 2.05) is 0 Å². The number of halogens is 1. The van der Waals surface area contributed by atoms with Crippen molar-refractivity contribution in [1.82, 2.24) is 10.9 Å². The maximum Gasteiger partial charge on any atom is 0.269 e. The molecule has 0 heterocycles. The molecular weight excluding hydrogens is 329 g/mol. The molecule has 3 rings (SSSR count). The average Bonchev–Trinajstić information content (AvgIpc) is 3.41. The number of nitro groups is 1. The minimum absolute atomic E-state index is 0.0110. The van der Waals surface area contributed by atoms with Gasteiger partial charge in [-0.2, -0.15) is 0 Å². The highest BCUT2D eigenvalue weighted by molar-refractivity contribution is 5.96. The van der Waals surface area contributed by atoms with Crippen LogP contribution in [-0.2, 0) is 4.79 Å². The van der Waals surface area contributed by atoms with E-state index >= 15 is 0 Å². The van der Waals surface area contributed by atoms with Crippen LogP contribution in [0.5, 0.6) is 0 Å².